The van der Waals surface area contributed by atoms with Crippen molar-refractivity contribution < 1.29 is 19.1 Å². The minimum absolute atomic E-state index is 0.0716. The van der Waals surface area contributed by atoms with Gasteiger partial charge in [-0.1, -0.05) is 91.0 Å². The molecule has 1 N–H and O–H groups in total. The van der Waals surface area contributed by atoms with E-state index in [9.17, 15) is 9.59 Å². The number of hydrogen-bond donors (Lipinski definition) is 1. The van der Waals surface area contributed by atoms with Crippen molar-refractivity contribution in [1.82, 2.24) is 5.32 Å². The molecule has 5 heteroatoms. The van der Waals surface area contributed by atoms with E-state index in [1.54, 1.807) is 0 Å². The van der Waals surface area contributed by atoms with Crippen LogP contribution in [0.1, 0.15) is 33.7 Å². The van der Waals surface area contributed by atoms with E-state index in [1.807, 2.05) is 60.7 Å². The number of fused-ring (bicyclic) bond motifs is 6. The standard InChI is InChI=1S/C30H23NO4/c32-29(34-17-20-9-7-15-22-21-10-2-1-8-19(21)16-27(20)22)31-30(33)35-18-28-25-13-5-3-11-23(25)24-12-4-6-14-26(24)28/h1-15,28H,16-18H2,(H,31,32,33). The first-order valence-corrected chi connectivity index (χ1v) is 11.7. The van der Waals surface area contributed by atoms with Gasteiger partial charge in [-0.25, -0.2) is 14.9 Å². The Morgan fingerprint density at radius 2 is 1.29 bits per heavy atom. The summed E-state index contributed by atoms with van der Waals surface area (Å²) in [6, 6.07) is 30.5. The zero-order valence-corrected chi connectivity index (χ0v) is 19.0. The fourth-order valence-electron chi connectivity index (χ4n) is 5.26. The van der Waals surface area contributed by atoms with Crippen LogP contribution < -0.4 is 5.32 Å². The summed E-state index contributed by atoms with van der Waals surface area (Å²) >= 11 is 0. The number of nitrogens with one attached hydrogen (secondary N) is 1. The summed E-state index contributed by atoms with van der Waals surface area (Å²) in [4.78, 5) is 24.7. The highest BCUT2D eigenvalue weighted by atomic mass is 16.6. The Balaban J connectivity index is 1.07. The molecule has 0 aliphatic heterocycles. The molecule has 5 nitrogen and oxygen atoms in total. The number of carbonyl (C=O) groups excluding carboxylic acids is 2. The molecule has 0 aromatic heterocycles. The van der Waals surface area contributed by atoms with Crippen LogP contribution in [-0.2, 0) is 22.5 Å². The Bertz CT molecular complexity index is 1410. The van der Waals surface area contributed by atoms with Gasteiger partial charge in [-0.15, -0.1) is 0 Å². The highest BCUT2D eigenvalue weighted by Gasteiger charge is 2.29. The van der Waals surface area contributed by atoms with Gasteiger partial charge in [0, 0.05) is 5.92 Å². The van der Waals surface area contributed by atoms with Gasteiger partial charge in [0.25, 0.3) is 0 Å². The van der Waals surface area contributed by atoms with Crippen molar-refractivity contribution in [3.63, 3.8) is 0 Å². The Labute approximate surface area is 203 Å². The van der Waals surface area contributed by atoms with Crippen LogP contribution in [0.15, 0.2) is 91.0 Å². The quantitative estimate of drug-likeness (QED) is 0.335. The molecule has 0 radical (unpaired) electrons. The van der Waals surface area contributed by atoms with E-state index < -0.39 is 12.2 Å². The predicted octanol–water partition coefficient (Wildman–Crippen LogP) is 6.43. The summed E-state index contributed by atoms with van der Waals surface area (Å²) in [5.41, 5.74) is 10.3. The van der Waals surface area contributed by atoms with Gasteiger partial charge < -0.3 is 9.47 Å². The Morgan fingerprint density at radius 3 is 2.03 bits per heavy atom. The SMILES string of the molecule is O=C(NC(=O)OCC1c2ccccc2-c2ccccc21)OCc1cccc2c1Cc1ccccc1-2. The van der Waals surface area contributed by atoms with E-state index in [2.05, 4.69) is 35.6 Å². The number of hydrogen-bond acceptors (Lipinski definition) is 4. The van der Waals surface area contributed by atoms with Crippen LogP contribution in [0.4, 0.5) is 9.59 Å². The molecule has 4 aromatic rings. The fourth-order valence-corrected chi connectivity index (χ4v) is 5.26. The van der Waals surface area contributed by atoms with Crippen molar-refractivity contribution in [2.24, 2.45) is 0 Å². The number of rotatable bonds is 4. The van der Waals surface area contributed by atoms with E-state index in [0.29, 0.717) is 0 Å². The normalized spacial score (nSPS) is 12.8. The van der Waals surface area contributed by atoms with Crippen LogP contribution in [0.25, 0.3) is 22.3 Å². The van der Waals surface area contributed by atoms with Gasteiger partial charge in [0.2, 0.25) is 0 Å². The molecule has 0 spiro atoms. The third-order valence-electron chi connectivity index (χ3n) is 6.85. The third kappa shape index (κ3) is 3.85. The van der Waals surface area contributed by atoms with Crippen molar-refractivity contribution in [2.75, 3.05) is 6.61 Å². The van der Waals surface area contributed by atoms with Gasteiger partial charge in [-0.05, 0) is 56.5 Å². The lowest BCUT2D eigenvalue weighted by Crippen LogP contribution is -2.32. The van der Waals surface area contributed by atoms with Crippen molar-refractivity contribution in [1.29, 1.82) is 0 Å². The molecule has 0 unspecified atom stereocenters. The van der Waals surface area contributed by atoms with E-state index in [-0.39, 0.29) is 19.1 Å². The van der Waals surface area contributed by atoms with Gasteiger partial charge >= 0.3 is 12.2 Å². The van der Waals surface area contributed by atoms with Crippen LogP contribution >= 0.6 is 0 Å². The summed E-state index contributed by atoms with van der Waals surface area (Å²) in [5, 5.41) is 2.18. The second kappa shape index (κ2) is 8.76. The lowest BCUT2D eigenvalue weighted by molar-refractivity contribution is 0.119. The van der Waals surface area contributed by atoms with Gasteiger partial charge in [-0.2, -0.15) is 0 Å². The van der Waals surface area contributed by atoms with Crippen LogP contribution in [-0.4, -0.2) is 18.8 Å². The third-order valence-corrected chi connectivity index (χ3v) is 6.85. The summed E-state index contributed by atoms with van der Waals surface area (Å²) in [6.45, 7) is 0.219. The van der Waals surface area contributed by atoms with E-state index in [4.69, 9.17) is 9.47 Å². The second-order valence-electron chi connectivity index (χ2n) is 8.80. The Kier molecular flexibility index (Phi) is 5.30. The average molecular weight is 462 g/mol. The van der Waals surface area contributed by atoms with Crippen LogP contribution in [0.5, 0.6) is 0 Å². The summed E-state index contributed by atoms with van der Waals surface area (Å²) in [6.07, 6.45) is -0.836. The molecular formula is C30H23NO4. The van der Waals surface area contributed by atoms with E-state index in [0.717, 1.165) is 39.8 Å². The van der Waals surface area contributed by atoms with Gasteiger partial charge in [-0.3, -0.25) is 0 Å². The summed E-state index contributed by atoms with van der Waals surface area (Å²) in [7, 11) is 0. The van der Waals surface area contributed by atoms with Gasteiger partial charge in [0.15, 0.2) is 0 Å². The zero-order chi connectivity index (χ0) is 23.8. The molecule has 2 aliphatic carbocycles. The summed E-state index contributed by atoms with van der Waals surface area (Å²) in [5.74, 6) is -0.0716. The molecule has 0 bridgehead atoms. The minimum Gasteiger partial charge on any atom is -0.448 e. The van der Waals surface area contributed by atoms with Crippen LogP contribution in [0, 0.1) is 0 Å². The molecule has 2 aliphatic rings. The molecule has 4 aromatic carbocycles. The van der Waals surface area contributed by atoms with Crippen molar-refractivity contribution >= 4 is 12.2 Å². The predicted molar refractivity (Wildman–Crippen MR) is 133 cm³/mol. The molecular weight excluding hydrogens is 438 g/mol. The number of imide groups is 1. The summed E-state index contributed by atoms with van der Waals surface area (Å²) < 4.78 is 10.8. The van der Waals surface area contributed by atoms with E-state index in [1.165, 1.54) is 16.7 Å². The van der Waals surface area contributed by atoms with Crippen molar-refractivity contribution in [2.45, 2.75) is 18.9 Å². The fraction of sp³-hybridized carbons (Fsp3) is 0.133. The van der Waals surface area contributed by atoms with Crippen molar-refractivity contribution in [3.8, 4) is 22.3 Å². The number of amides is 2. The molecule has 0 fully saturated rings. The molecule has 35 heavy (non-hydrogen) atoms. The molecule has 2 amide bonds. The second-order valence-corrected chi connectivity index (χ2v) is 8.80. The molecule has 6 rings (SSSR count). The molecule has 0 heterocycles. The maximum absolute atomic E-state index is 12.3. The lowest BCUT2D eigenvalue weighted by atomic mass is 9.98. The van der Waals surface area contributed by atoms with E-state index >= 15 is 0 Å². The van der Waals surface area contributed by atoms with Gasteiger partial charge in [0.05, 0.1) is 0 Å². The maximum Gasteiger partial charge on any atom is 0.416 e. The average Bonchev–Trinajstić information content (AvgIpc) is 3.42. The van der Waals surface area contributed by atoms with Crippen LogP contribution in [0.3, 0.4) is 0 Å². The largest absolute Gasteiger partial charge is 0.448 e. The number of ether oxygens (including phenoxy) is 2. The molecule has 0 saturated carbocycles. The topological polar surface area (TPSA) is 64.6 Å². The molecule has 0 saturated heterocycles. The van der Waals surface area contributed by atoms with Gasteiger partial charge in [0.1, 0.15) is 13.2 Å². The lowest BCUT2D eigenvalue weighted by Gasteiger charge is -2.14. The maximum atomic E-state index is 12.3. The first-order valence-electron chi connectivity index (χ1n) is 11.7. The molecule has 172 valence electrons. The zero-order valence-electron chi connectivity index (χ0n) is 19.0. The Hall–Kier alpha value is -4.38. The first-order chi connectivity index (χ1) is 17.2. The Morgan fingerprint density at radius 1 is 0.686 bits per heavy atom. The van der Waals surface area contributed by atoms with Crippen LogP contribution in [0.2, 0.25) is 0 Å². The highest BCUT2D eigenvalue weighted by Crippen LogP contribution is 2.44. The number of benzene rings is 4. The molecule has 0 atom stereocenters. The minimum atomic E-state index is -0.824. The monoisotopic (exact) mass is 461 g/mol. The highest BCUT2D eigenvalue weighted by molar-refractivity contribution is 5.87. The smallest absolute Gasteiger partial charge is 0.416 e. The number of alkyl carbamates (subject to hydrolysis) is 2. The first kappa shape index (κ1) is 21.2. The number of carbonyl (C=O) groups is 2. The van der Waals surface area contributed by atoms with Crippen molar-refractivity contribution in [3.05, 3.63) is 119 Å².